The van der Waals surface area contributed by atoms with Gasteiger partial charge in [0.15, 0.2) is 11.6 Å². The predicted octanol–water partition coefficient (Wildman–Crippen LogP) is 2.54. The molecule has 30 heavy (non-hydrogen) atoms. The van der Waals surface area contributed by atoms with E-state index in [2.05, 4.69) is 35.5 Å². The molecule has 4 heterocycles. The van der Waals surface area contributed by atoms with Crippen molar-refractivity contribution in [1.29, 1.82) is 0 Å². The summed E-state index contributed by atoms with van der Waals surface area (Å²) >= 11 is 0. The lowest BCUT2D eigenvalue weighted by atomic mass is 9.96. The van der Waals surface area contributed by atoms with Crippen LogP contribution in [-0.4, -0.2) is 48.9 Å². The van der Waals surface area contributed by atoms with Crippen LogP contribution in [0.5, 0.6) is 0 Å². The number of aryl methyl sites for hydroxylation is 4. The van der Waals surface area contributed by atoms with Gasteiger partial charge in [-0.15, -0.1) is 10.2 Å². The second-order valence-electron chi connectivity index (χ2n) is 7.81. The maximum atomic E-state index is 12.6. The summed E-state index contributed by atoms with van der Waals surface area (Å²) in [5.74, 6) is 1.81. The number of carbonyl (C=O) groups excluding carboxylic acids is 1. The number of rotatable bonds is 4. The summed E-state index contributed by atoms with van der Waals surface area (Å²) in [6, 6.07) is 7.78. The van der Waals surface area contributed by atoms with E-state index in [0.717, 1.165) is 54.5 Å². The predicted molar refractivity (Wildman–Crippen MR) is 114 cm³/mol. The van der Waals surface area contributed by atoms with Gasteiger partial charge in [-0.05, 0) is 64.8 Å². The van der Waals surface area contributed by atoms with Gasteiger partial charge in [-0.3, -0.25) is 10.1 Å². The SMILES string of the molecule is Cc1cc(C)nc(NC(=O)C2CCN(c3ccc(-n4nc(C)cc4C)nn3)CC2)n1. The largest absolute Gasteiger partial charge is 0.355 e. The van der Waals surface area contributed by atoms with Gasteiger partial charge in [0.25, 0.3) is 0 Å². The molecule has 0 bridgehead atoms. The Morgan fingerprint density at radius 3 is 2.13 bits per heavy atom. The molecule has 4 rings (SSSR count). The molecule has 1 aliphatic rings. The third-order valence-corrected chi connectivity index (χ3v) is 5.27. The highest BCUT2D eigenvalue weighted by molar-refractivity contribution is 5.91. The van der Waals surface area contributed by atoms with E-state index in [4.69, 9.17) is 0 Å². The summed E-state index contributed by atoms with van der Waals surface area (Å²) in [7, 11) is 0. The average Bonchev–Trinajstić information content (AvgIpc) is 3.05. The second kappa shape index (κ2) is 8.17. The van der Waals surface area contributed by atoms with Crippen LogP contribution in [0.4, 0.5) is 11.8 Å². The van der Waals surface area contributed by atoms with Gasteiger partial charge in [0.2, 0.25) is 11.9 Å². The third-order valence-electron chi connectivity index (χ3n) is 5.27. The van der Waals surface area contributed by atoms with Gasteiger partial charge in [-0.2, -0.15) is 5.10 Å². The molecule has 0 radical (unpaired) electrons. The van der Waals surface area contributed by atoms with E-state index in [9.17, 15) is 4.79 Å². The molecular weight excluding hydrogens is 380 g/mol. The van der Waals surface area contributed by atoms with Crippen LogP contribution in [0.3, 0.4) is 0 Å². The van der Waals surface area contributed by atoms with Crippen LogP contribution in [0.15, 0.2) is 24.3 Å². The lowest BCUT2D eigenvalue weighted by Gasteiger charge is -2.31. The average molecular weight is 406 g/mol. The van der Waals surface area contributed by atoms with Gasteiger partial charge in [0, 0.05) is 36.1 Å². The first-order chi connectivity index (χ1) is 14.4. The molecule has 0 unspecified atom stereocenters. The van der Waals surface area contributed by atoms with E-state index >= 15 is 0 Å². The molecule has 1 saturated heterocycles. The molecule has 0 aromatic carbocycles. The molecule has 0 atom stereocenters. The van der Waals surface area contributed by atoms with Crippen LogP contribution in [0.1, 0.15) is 35.6 Å². The second-order valence-corrected chi connectivity index (χ2v) is 7.81. The number of anilines is 2. The lowest BCUT2D eigenvalue weighted by Crippen LogP contribution is -2.38. The zero-order chi connectivity index (χ0) is 21.3. The highest BCUT2D eigenvalue weighted by Gasteiger charge is 2.26. The molecule has 0 saturated carbocycles. The number of carbonyl (C=O) groups is 1. The van der Waals surface area contributed by atoms with Crippen LogP contribution in [0, 0.1) is 33.6 Å². The smallest absolute Gasteiger partial charge is 0.229 e. The summed E-state index contributed by atoms with van der Waals surface area (Å²) in [4.78, 5) is 23.4. The monoisotopic (exact) mass is 406 g/mol. The van der Waals surface area contributed by atoms with Crippen molar-refractivity contribution < 1.29 is 4.79 Å². The summed E-state index contributed by atoms with van der Waals surface area (Å²) in [6.07, 6.45) is 1.50. The fraction of sp³-hybridized carbons (Fsp3) is 0.429. The number of amides is 1. The normalized spacial score (nSPS) is 14.7. The van der Waals surface area contributed by atoms with Gasteiger partial charge < -0.3 is 4.90 Å². The Kier molecular flexibility index (Phi) is 5.43. The molecule has 3 aromatic heterocycles. The van der Waals surface area contributed by atoms with Crippen molar-refractivity contribution in [3.05, 3.63) is 47.0 Å². The van der Waals surface area contributed by atoms with E-state index in [1.807, 2.05) is 52.0 Å². The van der Waals surface area contributed by atoms with Crippen molar-refractivity contribution in [1.82, 2.24) is 29.9 Å². The molecule has 3 aromatic rings. The van der Waals surface area contributed by atoms with E-state index in [1.165, 1.54) is 0 Å². The molecular formula is C21H26N8O. The van der Waals surface area contributed by atoms with Gasteiger partial charge in [0.05, 0.1) is 5.69 Å². The molecule has 9 heteroatoms. The minimum absolute atomic E-state index is 0.0226. The van der Waals surface area contributed by atoms with Crippen LogP contribution < -0.4 is 10.2 Å². The molecule has 0 aliphatic carbocycles. The third kappa shape index (κ3) is 4.29. The Hall–Kier alpha value is -3.36. The lowest BCUT2D eigenvalue weighted by molar-refractivity contribution is -0.120. The number of hydrogen-bond acceptors (Lipinski definition) is 7. The fourth-order valence-electron chi connectivity index (χ4n) is 3.83. The van der Waals surface area contributed by atoms with Crippen LogP contribution in [-0.2, 0) is 4.79 Å². The highest BCUT2D eigenvalue weighted by Crippen LogP contribution is 2.23. The van der Waals surface area contributed by atoms with Crippen molar-refractivity contribution in [3.63, 3.8) is 0 Å². The summed E-state index contributed by atoms with van der Waals surface area (Å²) < 4.78 is 1.79. The van der Waals surface area contributed by atoms with E-state index < -0.39 is 0 Å². The zero-order valence-electron chi connectivity index (χ0n) is 17.8. The first-order valence-corrected chi connectivity index (χ1v) is 10.1. The van der Waals surface area contributed by atoms with Crippen LogP contribution in [0.25, 0.3) is 5.82 Å². The quantitative estimate of drug-likeness (QED) is 0.710. The standard InChI is InChI=1S/C21H26N8O/c1-13-11-14(2)23-21(22-13)24-20(30)17-7-9-28(10-8-17)18-5-6-19(26-25-18)29-16(4)12-15(3)27-29/h5-6,11-12,17H,7-10H2,1-4H3,(H,22,23,24,30). The maximum absolute atomic E-state index is 12.6. The molecule has 1 amide bonds. The van der Waals surface area contributed by atoms with Crippen molar-refractivity contribution >= 4 is 17.7 Å². The zero-order valence-corrected chi connectivity index (χ0v) is 17.8. The molecule has 1 fully saturated rings. The number of aromatic nitrogens is 6. The Morgan fingerprint density at radius 2 is 1.57 bits per heavy atom. The van der Waals surface area contributed by atoms with Gasteiger partial charge in [-0.25, -0.2) is 14.6 Å². The highest BCUT2D eigenvalue weighted by atomic mass is 16.2. The molecule has 9 nitrogen and oxygen atoms in total. The Labute approximate surface area is 175 Å². The van der Waals surface area contributed by atoms with E-state index in [-0.39, 0.29) is 11.8 Å². The summed E-state index contributed by atoms with van der Waals surface area (Å²) in [6.45, 7) is 9.24. The maximum Gasteiger partial charge on any atom is 0.229 e. The van der Waals surface area contributed by atoms with Crippen molar-refractivity contribution in [2.24, 2.45) is 5.92 Å². The Balaban J connectivity index is 1.36. The van der Waals surface area contributed by atoms with Gasteiger partial charge >= 0.3 is 0 Å². The molecule has 0 spiro atoms. The first kappa shape index (κ1) is 19.9. The van der Waals surface area contributed by atoms with Crippen LogP contribution >= 0.6 is 0 Å². The summed E-state index contributed by atoms with van der Waals surface area (Å²) in [5, 5.41) is 16.0. The molecule has 1 N–H and O–H groups in total. The first-order valence-electron chi connectivity index (χ1n) is 10.1. The minimum Gasteiger partial charge on any atom is -0.355 e. The van der Waals surface area contributed by atoms with E-state index in [0.29, 0.717) is 11.8 Å². The van der Waals surface area contributed by atoms with Crippen molar-refractivity contribution in [2.45, 2.75) is 40.5 Å². The summed E-state index contributed by atoms with van der Waals surface area (Å²) in [5.41, 5.74) is 3.66. The van der Waals surface area contributed by atoms with Crippen molar-refractivity contribution in [3.8, 4) is 5.82 Å². The number of hydrogen-bond donors (Lipinski definition) is 1. The van der Waals surface area contributed by atoms with E-state index in [1.54, 1.807) is 4.68 Å². The number of piperidine rings is 1. The minimum atomic E-state index is -0.0624. The number of nitrogens with zero attached hydrogens (tertiary/aromatic N) is 7. The number of nitrogens with one attached hydrogen (secondary N) is 1. The van der Waals surface area contributed by atoms with Crippen molar-refractivity contribution in [2.75, 3.05) is 23.3 Å². The van der Waals surface area contributed by atoms with Gasteiger partial charge in [-0.1, -0.05) is 0 Å². The Bertz CT molecular complexity index is 1030. The fourth-order valence-corrected chi connectivity index (χ4v) is 3.83. The molecule has 1 aliphatic heterocycles. The topological polar surface area (TPSA) is 102 Å². The van der Waals surface area contributed by atoms with Crippen LogP contribution in [0.2, 0.25) is 0 Å². The Morgan fingerprint density at radius 1 is 0.933 bits per heavy atom. The van der Waals surface area contributed by atoms with Gasteiger partial charge in [0.1, 0.15) is 0 Å². The molecule has 156 valence electrons.